The highest BCUT2D eigenvalue weighted by molar-refractivity contribution is 7.98. The Morgan fingerprint density at radius 3 is 2.72 bits per heavy atom. The van der Waals surface area contributed by atoms with Gasteiger partial charge in [0.05, 0.1) is 19.1 Å². The third kappa shape index (κ3) is 4.04. The van der Waals surface area contributed by atoms with Crippen molar-refractivity contribution in [1.29, 1.82) is 0 Å². The summed E-state index contributed by atoms with van der Waals surface area (Å²) >= 11 is 1.31. The summed E-state index contributed by atoms with van der Waals surface area (Å²) in [6, 6.07) is 0. The van der Waals surface area contributed by atoms with Crippen molar-refractivity contribution in [2.45, 2.75) is 18.0 Å². The van der Waals surface area contributed by atoms with E-state index >= 15 is 0 Å². The normalized spacial score (nSPS) is 21.2. The second-order valence-electron chi connectivity index (χ2n) is 6.16. The van der Waals surface area contributed by atoms with E-state index in [0.29, 0.717) is 44.5 Å². The molecule has 3 heterocycles. The number of morpholine rings is 1. The summed E-state index contributed by atoms with van der Waals surface area (Å²) in [7, 11) is 0. The molecular weight excluding hydrogens is 344 g/mol. The minimum atomic E-state index is -0.439. The quantitative estimate of drug-likeness (QED) is 0.607. The van der Waals surface area contributed by atoms with E-state index in [1.165, 1.54) is 18.0 Å². The average molecular weight is 366 g/mol. The molecule has 8 nitrogen and oxygen atoms in total. The maximum Gasteiger partial charge on any atom is 0.264 e. The van der Waals surface area contributed by atoms with Crippen LogP contribution in [0.1, 0.15) is 23.2 Å². The Hall–Kier alpha value is -1.87. The number of carbonyl (C=O) groups is 2. The van der Waals surface area contributed by atoms with Crippen LogP contribution < -0.4 is 5.56 Å². The minimum absolute atomic E-state index is 0.0253. The number of nitrogens with zero attached hydrogens (tertiary/aromatic N) is 3. The maximum atomic E-state index is 12.7. The lowest BCUT2D eigenvalue weighted by Crippen LogP contribution is -2.50. The number of piperidine rings is 1. The fraction of sp³-hybridized carbons (Fsp3) is 0.625. The number of rotatable bonds is 3. The number of aromatic amines is 1. The van der Waals surface area contributed by atoms with Gasteiger partial charge in [-0.25, -0.2) is 4.98 Å². The van der Waals surface area contributed by atoms with Gasteiger partial charge in [0.2, 0.25) is 5.91 Å². The molecule has 0 aliphatic carbocycles. The number of aromatic nitrogens is 2. The largest absolute Gasteiger partial charge is 0.378 e. The van der Waals surface area contributed by atoms with Gasteiger partial charge >= 0.3 is 0 Å². The molecular formula is C16H22N4O4S. The van der Waals surface area contributed by atoms with E-state index in [2.05, 4.69) is 9.97 Å². The molecule has 1 unspecified atom stereocenters. The number of nitrogens with one attached hydrogen (secondary N) is 1. The number of likely N-dealkylation sites (tertiary alicyclic amines) is 1. The summed E-state index contributed by atoms with van der Waals surface area (Å²) in [5.74, 6) is -0.500. The Morgan fingerprint density at radius 1 is 1.28 bits per heavy atom. The second-order valence-corrected chi connectivity index (χ2v) is 6.96. The van der Waals surface area contributed by atoms with Crippen LogP contribution >= 0.6 is 11.8 Å². The van der Waals surface area contributed by atoms with Gasteiger partial charge in [0, 0.05) is 32.4 Å². The zero-order valence-electron chi connectivity index (χ0n) is 14.2. The second kappa shape index (κ2) is 8.01. The summed E-state index contributed by atoms with van der Waals surface area (Å²) in [5.41, 5.74) is -0.414. The molecule has 2 fully saturated rings. The summed E-state index contributed by atoms with van der Waals surface area (Å²) in [5, 5.41) is 0.473. The van der Waals surface area contributed by atoms with Gasteiger partial charge in [0.1, 0.15) is 5.56 Å². The van der Waals surface area contributed by atoms with Gasteiger partial charge in [-0.15, -0.1) is 0 Å². The molecule has 1 atom stereocenters. The molecule has 2 aliphatic heterocycles. The molecule has 0 aromatic carbocycles. The van der Waals surface area contributed by atoms with Gasteiger partial charge in [0.15, 0.2) is 5.16 Å². The van der Waals surface area contributed by atoms with Crippen LogP contribution in [0.5, 0.6) is 0 Å². The number of hydrogen-bond donors (Lipinski definition) is 1. The first-order valence-electron chi connectivity index (χ1n) is 8.39. The standard InChI is InChI=1S/C16H22N4O4S/c1-25-16-17-9-12(13(21)18-16)15(23)20-4-2-3-11(10-20)14(22)19-5-7-24-8-6-19/h9,11H,2-8,10H2,1H3,(H,17,18,21). The molecule has 2 aliphatic rings. The summed E-state index contributed by atoms with van der Waals surface area (Å²) in [6.07, 6.45) is 4.63. The third-order valence-electron chi connectivity index (χ3n) is 4.58. The molecule has 136 valence electrons. The molecule has 0 spiro atoms. The van der Waals surface area contributed by atoms with Gasteiger partial charge in [-0.2, -0.15) is 0 Å². The van der Waals surface area contributed by atoms with Crippen molar-refractivity contribution in [2.24, 2.45) is 5.92 Å². The van der Waals surface area contributed by atoms with E-state index in [1.54, 1.807) is 11.2 Å². The van der Waals surface area contributed by atoms with Crippen LogP contribution in [-0.2, 0) is 9.53 Å². The van der Waals surface area contributed by atoms with Crippen molar-refractivity contribution in [2.75, 3.05) is 45.6 Å². The maximum absolute atomic E-state index is 12.7. The Balaban J connectivity index is 1.69. The van der Waals surface area contributed by atoms with E-state index in [9.17, 15) is 14.4 Å². The van der Waals surface area contributed by atoms with Crippen molar-refractivity contribution in [3.05, 3.63) is 22.1 Å². The lowest BCUT2D eigenvalue weighted by Gasteiger charge is -2.36. The summed E-state index contributed by atoms with van der Waals surface area (Å²) in [4.78, 5) is 47.5. The van der Waals surface area contributed by atoms with Crippen LogP contribution in [-0.4, -0.2) is 77.2 Å². The molecule has 1 aromatic rings. The molecule has 1 N–H and O–H groups in total. The first-order valence-corrected chi connectivity index (χ1v) is 9.61. The molecule has 9 heteroatoms. The highest BCUT2D eigenvalue weighted by Crippen LogP contribution is 2.20. The topological polar surface area (TPSA) is 95.6 Å². The predicted octanol–water partition coefficient (Wildman–Crippen LogP) is 0.203. The molecule has 3 rings (SSSR count). The Bertz CT molecular complexity index is 702. The summed E-state index contributed by atoms with van der Waals surface area (Å²) < 4.78 is 5.28. The van der Waals surface area contributed by atoms with Crippen LogP contribution in [0.3, 0.4) is 0 Å². The van der Waals surface area contributed by atoms with Gasteiger partial charge in [-0.05, 0) is 19.1 Å². The number of H-pyrrole nitrogens is 1. The first-order chi connectivity index (χ1) is 12.1. The van der Waals surface area contributed by atoms with Gasteiger partial charge in [0.25, 0.3) is 11.5 Å². The van der Waals surface area contributed by atoms with Crippen LogP contribution in [0, 0.1) is 5.92 Å². The number of hydrogen-bond acceptors (Lipinski definition) is 6. The molecule has 2 amide bonds. The third-order valence-corrected chi connectivity index (χ3v) is 5.17. The molecule has 25 heavy (non-hydrogen) atoms. The Morgan fingerprint density at radius 2 is 2.04 bits per heavy atom. The smallest absolute Gasteiger partial charge is 0.264 e. The monoisotopic (exact) mass is 366 g/mol. The predicted molar refractivity (Wildman–Crippen MR) is 92.7 cm³/mol. The van der Waals surface area contributed by atoms with Crippen LogP contribution in [0.15, 0.2) is 16.1 Å². The number of carbonyl (C=O) groups excluding carboxylic acids is 2. The van der Waals surface area contributed by atoms with Crippen molar-refractivity contribution in [1.82, 2.24) is 19.8 Å². The van der Waals surface area contributed by atoms with Gasteiger partial charge in [-0.1, -0.05) is 11.8 Å². The molecule has 1 aromatic heterocycles. The number of amides is 2. The van der Waals surface area contributed by atoms with Crippen molar-refractivity contribution in [3.63, 3.8) is 0 Å². The zero-order chi connectivity index (χ0) is 17.8. The lowest BCUT2D eigenvalue weighted by atomic mass is 9.96. The fourth-order valence-electron chi connectivity index (χ4n) is 3.21. The minimum Gasteiger partial charge on any atom is -0.378 e. The average Bonchev–Trinajstić information content (AvgIpc) is 2.67. The highest BCUT2D eigenvalue weighted by Gasteiger charge is 2.32. The lowest BCUT2D eigenvalue weighted by molar-refractivity contribution is -0.141. The Kier molecular flexibility index (Phi) is 5.74. The molecule has 0 saturated carbocycles. The number of ether oxygens (including phenoxy) is 1. The Labute approximate surface area is 149 Å². The van der Waals surface area contributed by atoms with Crippen LogP contribution in [0.2, 0.25) is 0 Å². The summed E-state index contributed by atoms with van der Waals surface area (Å²) in [6.45, 7) is 3.22. The van der Waals surface area contributed by atoms with E-state index in [4.69, 9.17) is 4.74 Å². The van der Waals surface area contributed by atoms with Crippen molar-refractivity contribution >= 4 is 23.6 Å². The van der Waals surface area contributed by atoms with Crippen LogP contribution in [0.25, 0.3) is 0 Å². The van der Waals surface area contributed by atoms with E-state index < -0.39 is 5.56 Å². The van der Waals surface area contributed by atoms with Crippen molar-refractivity contribution in [3.8, 4) is 0 Å². The van der Waals surface area contributed by atoms with Gasteiger partial charge in [-0.3, -0.25) is 14.4 Å². The molecule has 2 saturated heterocycles. The van der Waals surface area contributed by atoms with Gasteiger partial charge < -0.3 is 19.5 Å². The SMILES string of the molecule is CSc1ncc(C(=O)N2CCCC(C(=O)N3CCOCC3)C2)c(=O)[nH]1. The van der Waals surface area contributed by atoms with E-state index in [-0.39, 0.29) is 23.3 Å². The molecule has 0 radical (unpaired) electrons. The first kappa shape index (κ1) is 17.9. The van der Waals surface area contributed by atoms with Crippen molar-refractivity contribution < 1.29 is 14.3 Å². The number of thioether (sulfide) groups is 1. The van der Waals surface area contributed by atoms with E-state index in [0.717, 1.165) is 12.8 Å². The highest BCUT2D eigenvalue weighted by atomic mass is 32.2. The van der Waals surface area contributed by atoms with Crippen LogP contribution in [0.4, 0.5) is 0 Å². The fourth-order valence-corrected chi connectivity index (χ4v) is 3.56. The zero-order valence-corrected chi connectivity index (χ0v) is 15.0. The van der Waals surface area contributed by atoms with E-state index in [1.807, 2.05) is 4.90 Å². The molecule has 0 bridgehead atoms.